The van der Waals surface area contributed by atoms with Gasteiger partial charge in [-0.25, -0.2) is 0 Å². The van der Waals surface area contributed by atoms with Crippen LogP contribution in [-0.2, 0) is 9.59 Å². The number of rotatable bonds is 5. The second-order valence-electron chi connectivity index (χ2n) is 5.70. The molecule has 0 bridgehead atoms. The number of hydrogen-bond acceptors (Lipinski definition) is 2. The van der Waals surface area contributed by atoms with Crippen molar-refractivity contribution in [3.8, 4) is 0 Å². The molecule has 0 aromatic rings. The molecule has 122 valence electrons. The van der Waals surface area contributed by atoms with Crippen molar-refractivity contribution in [3.05, 3.63) is 0 Å². The minimum Gasteiger partial charge on any atom is -0.481 e. The van der Waals surface area contributed by atoms with E-state index < -0.39 is 30.0 Å². The van der Waals surface area contributed by atoms with Gasteiger partial charge in [-0.2, -0.15) is 13.2 Å². The highest BCUT2D eigenvalue weighted by Gasteiger charge is 2.42. The van der Waals surface area contributed by atoms with E-state index in [-0.39, 0.29) is 13.0 Å². The van der Waals surface area contributed by atoms with E-state index in [0.29, 0.717) is 30.6 Å². The molecule has 7 heteroatoms. The number of carboxylic acid groups (broad SMARTS) is 1. The van der Waals surface area contributed by atoms with Crippen molar-refractivity contribution < 1.29 is 27.9 Å². The Labute approximate surface area is 122 Å². The van der Waals surface area contributed by atoms with Crippen LogP contribution in [0.15, 0.2) is 0 Å². The molecule has 0 saturated heterocycles. The van der Waals surface area contributed by atoms with Gasteiger partial charge in [0.2, 0.25) is 5.91 Å². The van der Waals surface area contributed by atoms with E-state index in [1.165, 1.54) is 6.92 Å². The van der Waals surface area contributed by atoms with Crippen LogP contribution >= 0.6 is 0 Å². The van der Waals surface area contributed by atoms with Crippen LogP contribution in [0, 0.1) is 5.41 Å². The Kier molecular flexibility index (Phi) is 6.04. The predicted octanol–water partition coefficient (Wildman–Crippen LogP) is 3.21. The lowest BCUT2D eigenvalue weighted by Crippen LogP contribution is -2.43. The van der Waals surface area contributed by atoms with Gasteiger partial charge in [-0.05, 0) is 19.8 Å². The van der Waals surface area contributed by atoms with Gasteiger partial charge in [0, 0.05) is 13.0 Å². The van der Waals surface area contributed by atoms with Crippen LogP contribution in [-0.4, -0.2) is 41.1 Å². The number of nitrogens with zero attached hydrogens (tertiary/aromatic N) is 1. The molecule has 0 radical (unpaired) electrons. The fourth-order valence-corrected chi connectivity index (χ4v) is 2.87. The number of carboxylic acids is 1. The maximum Gasteiger partial charge on any atom is 0.406 e. The third-order valence-electron chi connectivity index (χ3n) is 4.11. The van der Waals surface area contributed by atoms with E-state index in [9.17, 15) is 27.9 Å². The quantitative estimate of drug-likeness (QED) is 0.793. The maximum atomic E-state index is 12.4. The second-order valence-corrected chi connectivity index (χ2v) is 5.70. The lowest BCUT2D eigenvalue weighted by atomic mass is 9.77. The van der Waals surface area contributed by atoms with E-state index >= 15 is 0 Å². The first-order valence-corrected chi connectivity index (χ1v) is 7.28. The summed E-state index contributed by atoms with van der Waals surface area (Å²) in [7, 11) is 0. The summed E-state index contributed by atoms with van der Waals surface area (Å²) >= 11 is 0. The highest BCUT2D eigenvalue weighted by Crippen LogP contribution is 2.39. The van der Waals surface area contributed by atoms with Crippen LogP contribution in [0.1, 0.15) is 51.9 Å². The summed E-state index contributed by atoms with van der Waals surface area (Å²) in [4.78, 5) is 24.4. The third-order valence-corrected chi connectivity index (χ3v) is 4.11. The molecule has 0 aromatic heterocycles. The van der Waals surface area contributed by atoms with Gasteiger partial charge in [0.05, 0.1) is 5.41 Å². The van der Waals surface area contributed by atoms with E-state index in [2.05, 4.69) is 0 Å². The summed E-state index contributed by atoms with van der Waals surface area (Å²) < 4.78 is 37.3. The van der Waals surface area contributed by atoms with Crippen LogP contribution < -0.4 is 0 Å². The Morgan fingerprint density at radius 3 is 2.05 bits per heavy atom. The largest absolute Gasteiger partial charge is 0.481 e. The number of aliphatic carboxylic acids is 1. The van der Waals surface area contributed by atoms with E-state index in [4.69, 9.17) is 0 Å². The number of carbonyl (C=O) groups excluding carboxylic acids is 1. The molecule has 0 aliphatic heterocycles. The van der Waals surface area contributed by atoms with Gasteiger partial charge in [-0.15, -0.1) is 0 Å². The van der Waals surface area contributed by atoms with Gasteiger partial charge in [-0.1, -0.05) is 25.7 Å². The molecule has 0 atom stereocenters. The fourth-order valence-electron chi connectivity index (χ4n) is 2.87. The summed E-state index contributed by atoms with van der Waals surface area (Å²) in [5, 5.41) is 9.46. The molecular weight excluding hydrogens is 287 g/mol. The molecule has 4 nitrogen and oxygen atoms in total. The number of hydrogen-bond donors (Lipinski definition) is 1. The summed E-state index contributed by atoms with van der Waals surface area (Å²) in [6.45, 7) is 0.0657. The summed E-state index contributed by atoms with van der Waals surface area (Å²) in [6.07, 6.45) is -0.879. The number of halogens is 3. The average molecular weight is 309 g/mol. The Hall–Kier alpha value is -1.27. The normalized spacial score (nSPS) is 18.9. The second kappa shape index (κ2) is 7.13. The van der Waals surface area contributed by atoms with Crippen molar-refractivity contribution in [1.29, 1.82) is 0 Å². The molecule has 1 amide bonds. The SMILES string of the molecule is CCN(CC(F)(F)F)C(=O)CC1(C(=O)O)CCCCCC1. The minimum absolute atomic E-state index is 0.0754. The molecule has 1 aliphatic carbocycles. The molecule has 1 fully saturated rings. The molecule has 1 N–H and O–H groups in total. The lowest BCUT2D eigenvalue weighted by Gasteiger charge is -2.31. The smallest absolute Gasteiger partial charge is 0.406 e. The van der Waals surface area contributed by atoms with Gasteiger partial charge < -0.3 is 10.0 Å². The van der Waals surface area contributed by atoms with Crippen molar-refractivity contribution in [3.63, 3.8) is 0 Å². The predicted molar refractivity (Wildman–Crippen MR) is 70.7 cm³/mol. The zero-order valence-corrected chi connectivity index (χ0v) is 12.2. The van der Waals surface area contributed by atoms with Gasteiger partial charge in [0.1, 0.15) is 6.54 Å². The Morgan fingerprint density at radius 1 is 1.14 bits per heavy atom. The third kappa shape index (κ3) is 5.21. The van der Waals surface area contributed by atoms with Gasteiger partial charge >= 0.3 is 12.1 Å². The Bertz CT molecular complexity index is 374. The zero-order chi connectivity index (χ0) is 16.1. The monoisotopic (exact) mass is 309 g/mol. The van der Waals surface area contributed by atoms with Crippen LogP contribution in [0.5, 0.6) is 0 Å². The Morgan fingerprint density at radius 2 is 1.67 bits per heavy atom. The summed E-state index contributed by atoms with van der Waals surface area (Å²) in [5.41, 5.74) is -1.20. The van der Waals surface area contributed by atoms with Crippen molar-refractivity contribution in [1.82, 2.24) is 4.90 Å². The zero-order valence-electron chi connectivity index (χ0n) is 12.2. The van der Waals surface area contributed by atoms with E-state index in [1.54, 1.807) is 0 Å². The number of alkyl halides is 3. The molecule has 0 heterocycles. The first-order valence-electron chi connectivity index (χ1n) is 7.28. The highest BCUT2D eigenvalue weighted by atomic mass is 19.4. The lowest BCUT2D eigenvalue weighted by molar-refractivity contribution is -0.165. The number of amides is 1. The van der Waals surface area contributed by atoms with Crippen molar-refractivity contribution in [2.45, 2.75) is 58.0 Å². The van der Waals surface area contributed by atoms with Gasteiger partial charge in [0.25, 0.3) is 0 Å². The fraction of sp³-hybridized carbons (Fsp3) is 0.857. The van der Waals surface area contributed by atoms with Crippen molar-refractivity contribution >= 4 is 11.9 Å². The molecule has 1 rings (SSSR count). The molecule has 1 aliphatic rings. The molecule has 0 unspecified atom stereocenters. The molecule has 21 heavy (non-hydrogen) atoms. The van der Waals surface area contributed by atoms with Crippen molar-refractivity contribution in [2.24, 2.45) is 5.41 Å². The number of carbonyl (C=O) groups is 2. The van der Waals surface area contributed by atoms with Gasteiger partial charge in [-0.3, -0.25) is 9.59 Å². The van der Waals surface area contributed by atoms with Crippen LogP contribution in [0.25, 0.3) is 0 Å². The molecule has 0 aromatic carbocycles. The molecule has 1 saturated carbocycles. The summed E-state index contributed by atoms with van der Waals surface area (Å²) in [5.74, 6) is -1.79. The first kappa shape index (κ1) is 17.8. The van der Waals surface area contributed by atoms with E-state index in [1.807, 2.05) is 0 Å². The maximum absolute atomic E-state index is 12.4. The van der Waals surface area contributed by atoms with Gasteiger partial charge in [0.15, 0.2) is 0 Å². The first-order chi connectivity index (χ1) is 9.70. The van der Waals surface area contributed by atoms with Crippen LogP contribution in [0.3, 0.4) is 0 Å². The topological polar surface area (TPSA) is 57.6 Å². The van der Waals surface area contributed by atoms with Crippen LogP contribution in [0.4, 0.5) is 13.2 Å². The molecular formula is C14H22F3NO3. The standard InChI is InChI=1S/C14H22F3NO3/c1-2-18(10-14(15,16)17)11(19)9-13(12(20)21)7-5-3-4-6-8-13/h2-10H2,1H3,(H,20,21). The average Bonchev–Trinajstić information content (AvgIpc) is 2.61. The van der Waals surface area contributed by atoms with Crippen molar-refractivity contribution in [2.75, 3.05) is 13.1 Å². The summed E-state index contributed by atoms with van der Waals surface area (Å²) in [6, 6.07) is 0. The Balaban J connectivity index is 2.82. The highest BCUT2D eigenvalue weighted by molar-refractivity contribution is 5.85. The minimum atomic E-state index is -4.47. The van der Waals surface area contributed by atoms with E-state index in [0.717, 1.165) is 12.8 Å². The molecule has 0 spiro atoms. The van der Waals surface area contributed by atoms with Crippen LogP contribution in [0.2, 0.25) is 0 Å².